The average Bonchev–Trinajstić information content (AvgIpc) is 3.21. The Labute approximate surface area is 163 Å². The minimum absolute atomic E-state index is 0.0656. The second-order valence-electron chi connectivity index (χ2n) is 6.20. The van der Waals surface area contributed by atoms with Crippen LogP contribution in [0.5, 0.6) is 0 Å². The van der Waals surface area contributed by atoms with E-state index in [0.717, 1.165) is 15.3 Å². The predicted octanol–water partition coefficient (Wildman–Crippen LogP) is 4.12. The molecule has 1 fully saturated rings. The molecule has 7 heteroatoms. The highest BCUT2D eigenvalue weighted by atomic mass is 35.5. The normalized spacial score (nSPS) is 19.1. The fourth-order valence-corrected chi connectivity index (χ4v) is 6.09. The molecule has 2 aromatic rings. The molecule has 4 nitrogen and oxygen atoms in total. The van der Waals surface area contributed by atoms with Crippen LogP contribution in [-0.4, -0.2) is 43.3 Å². The van der Waals surface area contributed by atoms with Crippen molar-refractivity contribution in [2.45, 2.75) is 19.4 Å². The number of nitrogens with zero attached hydrogens (tertiary/aromatic N) is 1. The summed E-state index contributed by atoms with van der Waals surface area (Å²) in [6.07, 6.45) is 3.82. The summed E-state index contributed by atoms with van der Waals surface area (Å²) in [6.45, 7) is 2.37. The third-order valence-corrected chi connectivity index (χ3v) is 7.59. The van der Waals surface area contributed by atoms with E-state index in [2.05, 4.69) is 0 Å². The van der Waals surface area contributed by atoms with Gasteiger partial charge in [0.25, 0.3) is 0 Å². The molecule has 1 saturated heterocycles. The fraction of sp³-hybridized carbons (Fsp3) is 0.316. The summed E-state index contributed by atoms with van der Waals surface area (Å²) in [7, 11) is -3.01. The summed E-state index contributed by atoms with van der Waals surface area (Å²) in [5.74, 6) is 0.0789. The van der Waals surface area contributed by atoms with Gasteiger partial charge in [0.1, 0.15) is 0 Å². The number of sulfone groups is 1. The highest BCUT2D eigenvalue weighted by molar-refractivity contribution is 7.91. The van der Waals surface area contributed by atoms with Gasteiger partial charge in [0.15, 0.2) is 9.84 Å². The van der Waals surface area contributed by atoms with Crippen LogP contribution in [0.4, 0.5) is 0 Å². The monoisotopic (exact) mass is 409 g/mol. The number of thiophene rings is 1. The highest BCUT2D eigenvalue weighted by Gasteiger charge is 2.33. The molecule has 1 aromatic heterocycles. The third kappa shape index (κ3) is 4.37. The van der Waals surface area contributed by atoms with Crippen LogP contribution in [-0.2, 0) is 14.6 Å². The van der Waals surface area contributed by atoms with Crippen LogP contribution >= 0.6 is 22.9 Å². The topological polar surface area (TPSA) is 54.5 Å². The largest absolute Gasteiger partial charge is 0.335 e. The van der Waals surface area contributed by atoms with Crippen LogP contribution in [0.3, 0.4) is 0 Å². The first-order valence-electron chi connectivity index (χ1n) is 8.43. The Bertz CT molecular complexity index is 934. The van der Waals surface area contributed by atoms with Gasteiger partial charge in [-0.25, -0.2) is 8.42 Å². The van der Waals surface area contributed by atoms with Gasteiger partial charge >= 0.3 is 0 Å². The standard InChI is InChI=1S/C19H20ClNO3S2/c1-2-21(14-11-12-26(23,24)13-14)19(22)10-8-15-7-9-18(25-15)16-5-3-4-6-17(16)20/h3-10,14H,2,11-13H2,1H3. The first-order chi connectivity index (χ1) is 12.4. The molecule has 0 radical (unpaired) electrons. The molecule has 1 aromatic carbocycles. The van der Waals surface area contributed by atoms with Crippen molar-refractivity contribution in [1.29, 1.82) is 0 Å². The van der Waals surface area contributed by atoms with E-state index < -0.39 is 9.84 Å². The first kappa shape index (κ1) is 19.1. The Hall–Kier alpha value is -1.63. The zero-order valence-electron chi connectivity index (χ0n) is 14.4. The molecule has 0 spiro atoms. The van der Waals surface area contributed by atoms with Crippen molar-refractivity contribution < 1.29 is 13.2 Å². The summed E-state index contributed by atoms with van der Waals surface area (Å²) >= 11 is 7.79. The van der Waals surface area contributed by atoms with E-state index in [1.165, 1.54) is 6.08 Å². The second-order valence-corrected chi connectivity index (χ2v) is 9.95. The number of hydrogen-bond acceptors (Lipinski definition) is 4. The molecular weight excluding hydrogens is 390 g/mol. The summed E-state index contributed by atoms with van der Waals surface area (Å²) in [5, 5.41) is 0.695. The van der Waals surface area contributed by atoms with Crippen LogP contribution in [0.1, 0.15) is 18.2 Å². The summed E-state index contributed by atoms with van der Waals surface area (Å²) in [4.78, 5) is 16.1. The first-order valence-corrected chi connectivity index (χ1v) is 11.4. The third-order valence-electron chi connectivity index (χ3n) is 4.43. The lowest BCUT2D eigenvalue weighted by Gasteiger charge is -2.25. The number of benzene rings is 1. The van der Waals surface area contributed by atoms with Crippen LogP contribution in [0.25, 0.3) is 16.5 Å². The van der Waals surface area contributed by atoms with Crippen LogP contribution in [0.2, 0.25) is 5.02 Å². The molecule has 0 aliphatic carbocycles. The van der Waals surface area contributed by atoms with Crippen molar-refractivity contribution >= 4 is 44.8 Å². The SMILES string of the molecule is CCN(C(=O)C=Cc1ccc(-c2ccccc2Cl)s1)C1CCS(=O)(=O)C1. The molecule has 3 rings (SSSR count). The minimum atomic E-state index is -3.01. The van der Waals surface area contributed by atoms with Crippen LogP contribution in [0, 0.1) is 0 Å². The number of amides is 1. The Morgan fingerprint density at radius 1 is 1.31 bits per heavy atom. The molecule has 1 aliphatic rings. The lowest BCUT2D eigenvalue weighted by Crippen LogP contribution is -2.39. The zero-order valence-corrected chi connectivity index (χ0v) is 16.8. The average molecular weight is 410 g/mol. The lowest BCUT2D eigenvalue weighted by molar-refractivity contribution is -0.127. The molecule has 0 saturated carbocycles. The van der Waals surface area contributed by atoms with Gasteiger partial charge in [-0.3, -0.25) is 4.79 Å². The summed E-state index contributed by atoms with van der Waals surface area (Å²) < 4.78 is 23.3. The quantitative estimate of drug-likeness (QED) is 0.698. The Kier molecular flexibility index (Phi) is 5.85. The van der Waals surface area contributed by atoms with Gasteiger partial charge in [-0.05, 0) is 37.6 Å². The van der Waals surface area contributed by atoms with Crippen LogP contribution in [0.15, 0.2) is 42.5 Å². The van der Waals surface area contributed by atoms with E-state index in [9.17, 15) is 13.2 Å². The maximum absolute atomic E-state index is 12.5. The molecule has 138 valence electrons. The van der Waals surface area contributed by atoms with E-state index in [1.807, 2.05) is 43.3 Å². The predicted molar refractivity (Wildman–Crippen MR) is 108 cm³/mol. The number of halogens is 1. The second kappa shape index (κ2) is 7.94. The number of rotatable bonds is 5. The van der Waals surface area contributed by atoms with Crippen LogP contribution < -0.4 is 0 Å². The highest BCUT2D eigenvalue weighted by Crippen LogP contribution is 2.33. The number of carbonyl (C=O) groups is 1. The van der Waals surface area contributed by atoms with Gasteiger partial charge in [-0.15, -0.1) is 11.3 Å². The van der Waals surface area contributed by atoms with Gasteiger partial charge in [0.2, 0.25) is 5.91 Å². The zero-order chi connectivity index (χ0) is 18.7. The summed E-state index contributed by atoms with van der Waals surface area (Å²) in [5.41, 5.74) is 0.969. The molecule has 1 atom stereocenters. The Morgan fingerprint density at radius 3 is 2.73 bits per heavy atom. The summed E-state index contributed by atoms with van der Waals surface area (Å²) in [6, 6.07) is 11.4. The molecular formula is C19H20ClNO3S2. The molecule has 1 amide bonds. The fourth-order valence-electron chi connectivity index (χ4n) is 3.11. The van der Waals surface area contributed by atoms with Crippen molar-refractivity contribution in [3.05, 3.63) is 52.4 Å². The molecule has 1 aliphatic heterocycles. The maximum atomic E-state index is 12.5. The van der Waals surface area contributed by atoms with Crippen molar-refractivity contribution in [3.8, 4) is 10.4 Å². The number of carbonyl (C=O) groups excluding carboxylic acids is 1. The Balaban J connectivity index is 1.71. The van der Waals surface area contributed by atoms with Gasteiger partial charge in [0, 0.05) is 39.0 Å². The van der Waals surface area contributed by atoms with E-state index in [1.54, 1.807) is 22.3 Å². The van der Waals surface area contributed by atoms with Gasteiger partial charge in [-0.2, -0.15) is 0 Å². The van der Waals surface area contributed by atoms with E-state index >= 15 is 0 Å². The Morgan fingerprint density at radius 2 is 2.08 bits per heavy atom. The van der Waals surface area contributed by atoms with Crippen molar-refractivity contribution in [2.24, 2.45) is 0 Å². The molecule has 0 bridgehead atoms. The van der Waals surface area contributed by atoms with E-state index in [0.29, 0.717) is 18.0 Å². The number of hydrogen-bond donors (Lipinski definition) is 0. The molecule has 2 heterocycles. The van der Waals surface area contributed by atoms with Crippen molar-refractivity contribution in [2.75, 3.05) is 18.1 Å². The van der Waals surface area contributed by atoms with E-state index in [4.69, 9.17) is 11.6 Å². The molecule has 0 N–H and O–H groups in total. The van der Waals surface area contributed by atoms with Crippen molar-refractivity contribution in [1.82, 2.24) is 4.90 Å². The molecule has 26 heavy (non-hydrogen) atoms. The minimum Gasteiger partial charge on any atom is -0.335 e. The maximum Gasteiger partial charge on any atom is 0.246 e. The van der Waals surface area contributed by atoms with Crippen molar-refractivity contribution in [3.63, 3.8) is 0 Å². The van der Waals surface area contributed by atoms with Gasteiger partial charge < -0.3 is 4.90 Å². The molecule has 1 unspecified atom stereocenters. The van der Waals surface area contributed by atoms with Gasteiger partial charge in [0.05, 0.1) is 11.5 Å². The lowest BCUT2D eigenvalue weighted by atomic mass is 10.2. The number of likely N-dealkylation sites (N-methyl/N-ethyl adjacent to an activating group) is 1. The van der Waals surface area contributed by atoms with Gasteiger partial charge in [-0.1, -0.05) is 29.8 Å². The van der Waals surface area contributed by atoms with E-state index in [-0.39, 0.29) is 23.5 Å². The smallest absolute Gasteiger partial charge is 0.246 e.